The second-order valence-corrected chi connectivity index (χ2v) is 7.79. The maximum atomic E-state index is 12.7. The van der Waals surface area contributed by atoms with Gasteiger partial charge in [0, 0.05) is 23.4 Å². The van der Waals surface area contributed by atoms with E-state index >= 15 is 0 Å². The first-order chi connectivity index (χ1) is 17.2. The Morgan fingerprint density at radius 2 is 1.26 bits per heavy atom. The molecule has 176 valence electrons. The lowest BCUT2D eigenvalue weighted by Gasteiger charge is -2.10. The van der Waals surface area contributed by atoms with E-state index in [1.165, 1.54) is 5.56 Å². The number of anilines is 2. The highest BCUT2D eigenvalue weighted by molar-refractivity contribution is 6.04. The van der Waals surface area contributed by atoms with Crippen LogP contribution in [0.5, 0.6) is 11.5 Å². The summed E-state index contributed by atoms with van der Waals surface area (Å²) in [5, 5.41) is 5.62. The van der Waals surface area contributed by atoms with E-state index in [1.54, 1.807) is 60.7 Å². The number of carbonyl (C=O) groups excluding carboxylic acids is 2. The molecule has 0 bridgehead atoms. The lowest BCUT2D eigenvalue weighted by molar-refractivity contribution is -0.118. The molecule has 0 aliphatic rings. The molecule has 0 aliphatic heterocycles. The Labute approximate surface area is 204 Å². The summed E-state index contributed by atoms with van der Waals surface area (Å²) in [4.78, 5) is 24.9. The van der Waals surface area contributed by atoms with Crippen molar-refractivity contribution in [2.45, 2.75) is 6.42 Å². The number of amides is 2. The minimum atomic E-state index is -0.291. The molecular formula is C29H26N2O4. The van der Waals surface area contributed by atoms with Gasteiger partial charge in [-0.05, 0) is 60.2 Å². The van der Waals surface area contributed by atoms with Crippen molar-refractivity contribution in [2.24, 2.45) is 0 Å². The first kappa shape index (κ1) is 23.6. The molecule has 0 aromatic heterocycles. The summed E-state index contributed by atoms with van der Waals surface area (Å²) < 4.78 is 11.2. The SMILES string of the molecule is O=C(COc1ccccc1)Nc1cccc(NC(=O)c2ccc(OCCc3ccccc3)cc2)c1. The molecule has 0 saturated heterocycles. The van der Waals surface area contributed by atoms with Crippen molar-refractivity contribution in [3.8, 4) is 11.5 Å². The normalized spacial score (nSPS) is 10.3. The van der Waals surface area contributed by atoms with Crippen LogP contribution < -0.4 is 20.1 Å². The van der Waals surface area contributed by atoms with Crippen LogP contribution in [-0.4, -0.2) is 25.0 Å². The van der Waals surface area contributed by atoms with Crippen LogP contribution in [0.1, 0.15) is 15.9 Å². The average molecular weight is 467 g/mol. The predicted molar refractivity (Wildman–Crippen MR) is 137 cm³/mol. The number of rotatable bonds is 10. The van der Waals surface area contributed by atoms with Gasteiger partial charge in [0.15, 0.2) is 6.61 Å². The van der Waals surface area contributed by atoms with Crippen molar-refractivity contribution < 1.29 is 19.1 Å². The zero-order chi connectivity index (χ0) is 24.3. The van der Waals surface area contributed by atoms with E-state index in [1.807, 2.05) is 36.4 Å². The summed E-state index contributed by atoms with van der Waals surface area (Å²) >= 11 is 0. The first-order valence-corrected chi connectivity index (χ1v) is 11.3. The summed E-state index contributed by atoms with van der Waals surface area (Å²) in [5.74, 6) is 0.785. The second kappa shape index (κ2) is 12.0. The number of para-hydroxylation sites is 1. The monoisotopic (exact) mass is 466 g/mol. The van der Waals surface area contributed by atoms with Crippen molar-refractivity contribution in [1.82, 2.24) is 0 Å². The maximum absolute atomic E-state index is 12.7. The van der Waals surface area contributed by atoms with Crippen molar-refractivity contribution in [3.05, 3.63) is 120 Å². The number of nitrogens with one attached hydrogen (secondary N) is 2. The van der Waals surface area contributed by atoms with Gasteiger partial charge in [-0.1, -0.05) is 54.6 Å². The Morgan fingerprint density at radius 3 is 1.97 bits per heavy atom. The van der Waals surface area contributed by atoms with Gasteiger partial charge in [0.25, 0.3) is 11.8 Å². The molecule has 4 rings (SSSR count). The third-order valence-electron chi connectivity index (χ3n) is 5.14. The number of ether oxygens (including phenoxy) is 2. The van der Waals surface area contributed by atoms with Crippen LogP contribution in [0.4, 0.5) is 11.4 Å². The lowest BCUT2D eigenvalue weighted by atomic mass is 10.1. The molecule has 0 unspecified atom stereocenters. The third kappa shape index (κ3) is 7.47. The van der Waals surface area contributed by atoms with Crippen LogP contribution in [0.25, 0.3) is 0 Å². The molecule has 0 spiro atoms. The summed E-state index contributed by atoms with van der Waals surface area (Å²) in [7, 11) is 0. The zero-order valence-electron chi connectivity index (χ0n) is 19.1. The van der Waals surface area contributed by atoms with E-state index in [0.29, 0.717) is 35.0 Å². The van der Waals surface area contributed by atoms with Gasteiger partial charge in [0.2, 0.25) is 0 Å². The van der Waals surface area contributed by atoms with E-state index in [0.717, 1.165) is 6.42 Å². The summed E-state index contributed by atoms with van der Waals surface area (Å²) in [6.07, 6.45) is 0.814. The van der Waals surface area contributed by atoms with E-state index in [2.05, 4.69) is 22.8 Å². The summed E-state index contributed by atoms with van der Waals surface area (Å²) in [5.41, 5.74) is 2.85. The molecule has 6 nitrogen and oxygen atoms in total. The molecule has 6 heteroatoms. The molecule has 2 N–H and O–H groups in total. The van der Waals surface area contributed by atoms with Gasteiger partial charge in [0.05, 0.1) is 6.61 Å². The third-order valence-corrected chi connectivity index (χ3v) is 5.14. The number of carbonyl (C=O) groups is 2. The highest BCUT2D eigenvalue weighted by atomic mass is 16.5. The molecule has 0 aliphatic carbocycles. The minimum Gasteiger partial charge on any atom is -0.493 e. The van der Waals surface area contributed by atoms with Gasteiger partial charge in [-0.2, -0.15) is 0 Å². The smallest absolute Gasteiger partial charge is 0.262 e. The molecule has 0 atom stereocenters. The van der Waals surface area contributed by atoms with Gasteiger partial charge >= 0.3 is 0 Å². The topological polar surface area (TPSA) is 76.7 Å². The second-order valence-electron chi connectivity index (χ2n) is 7.79. The lowest BCUT2D eigenvalue weighted by Crippen LogP contribution is -2.20. The number of benzene rings is 4. The molecule has 2 amide bonds. The fraction of sp³-hybridized carbons (Fsp3) is 0.103. The molecule has 4 aromatic carbocycles. The number of hydrogen-bond donors (Lipinski definition) is 2. The predicted octanol–water partition coefficient (Wildman–Crippen LogP) is 5.58. The van der Waals surface area contributed by atoms with E-state index in [4.69, 9.17) is 9.47 Å². The Morgan fingerprint density at radius 1 is 0.629 bits per heavy atom. The Kier molecular flexibility index (Phi) is 8.11. The van der Waals surface area contributed by atoms with Crippen molar-refractivity contribution in [2.75, 3.05) is 23.8 Å². The van der Waals surface area contributed by atoms with Crippen LogP contribution in [-0.2, 0) is 11.2 Å². The molecule has 35 heavy (non-hydrogen) atoms. The van der Waals surface area contributed by atoms with Crippen LogP contribution in [0.2, 0.25) is 0 Å². The van der Waals surface area contributed by atoms with E-state index in [-0.39, 0.29) is 18.4 Å². The minimum absolute atomic E-state index is 0.111. The van der Waals surface area contributed by atoms with E-state index < -0.39 is 0 Å². The van der Waals surface area contributed by atoms with Crippen molar-refractivity contribution in [1.29, 1.82) is 0 Å². The highest BCUT2D eigenvalue weighted by Crippen LogP contribution is 2.18. The van der Waals surface area contributed by atoms with Crippen molar-refractivity contribution in [3.63, 3.8) is 0 Å². The van der Waals surface area contributed by atoms with Gasteiger partial charge in [-0.15, -0.1) is 0 Å². The highest BCUT2D eigenvalue weighted by Gasteiger charge is 2.09. The Hall–Kier alpha value is -4.58. The van der Waals surface area contributed by atoms with Gasteiger partial charge in [-0.3, -0.25) is 9.59 Å². The molecule has 0 heterocycles. The van der Waals surface area contributed by atoms with Crippen LogP contribution >= 0.6 is 0 Å². The van der Waals surface area contributed by atoms with E-state index in [9.17, 15) is 9.59 Å². The standard InChI is InChI=1S/C29H26N2O4/c32-28(21-35-26-12-5-2-6-13-26)30-24-10-7-11-25(20-24)31-29(33)23-14-16-27(17-15-23)34-19-18-22-8-3-1-4-9-22/h1-17,20H,18-19,21H2,(H,30,32)(H,31,33). The van der Waals surface area contributed by atoms with Crippen LogP contribution in [0.15, 0.2) is 109 Å². The summed E-state index contributed by atoms with van der Waals surface area (Å²) in [6.45, 7) is 0.449. The molecule has 0 fully saturated rings. The fourth-order valence-electron chi connectivity index (χ4n) is 3.37. The van der Waals surface area contributed by atoms with Gasteiger partial charge < -0.3 is 20.1 Å². The first-order valence-electron chi connectivity index (χ1n) is 11.3. The largest absolute Gasteiger partial charge is 0.493 e. The molecule has 4 aromatic rings. The number of hydrogen-bond acceptors (Lipinski definition) is 4. The zero-order valence-corrected chi connectivity index (χ0v) is 19.1. The van der Waals surface area contributed by atoms with Crippen LogP contribution in [0.3, 0.4) is 0 Å². The van der Waals surface area contributed by atoms with Crippen LogP contribution in [0, 0.1) is 0 Å². The van der Waals surface area contributed by atoms with Gasteiger partial charge in [0.1, 0.15) is 11.5 Å². The Bertz CT molecular complexity index is 1240. The molecule has 0 saturated carbocycles. The fourth-order valence-corrected chi connectivity index (χ4v) is 3.37. The molecular weight excluding hydrogens is 440 g/mol. The average Bonchev–Trinajstić information content (AvgIpc) is 2.89. The maximum Gasteiger partial charge on any atom is 0.262 e. The molecule has 0 radical (unpaired) electrons. The Balaban J connectivity index is 1.26. The quantitative estimate of drug-likeness (QED) is 0.320. The summed E-state index contributed by atoms with van der Waals surface area (Å²) in [6, 6.07) is 33.2. The van der Waals surface area contributed by atoms with Crippen molar-refractivity contribution >= 4 is 23.2 Å². The van der Waals surface area contributed by atoms with Gasteiger partial charge in [-0.25, -0.2) is 0 Å².